The van der Waals surface area contributed by atoms with Crippen molar-refractivity contribution in [3.05, 3.63) is 72.1 Å². The van der Waals surface area contributed by atoms with Gasteiger partial charge >= 0.3 is 0 Å². The van der Waals surface area contributed by atoms with Crippen LogP contribution in [0.3, 0.4) is 0 Å². The van der Waals surface area contributed by atoms with Gasteiger partial charge in [0.15, 0.2) is 0 Å². The number of benzene rings is 2. The van der Waals surface area contributed by atoms with E-state index in [1.807, 2.05) is 5.43 Å². The molecule has 3 rings (SSSR count). The first-order chi connectivity index (χ1) is 11.1. The highest BCUT2D eigenvalue weighted by atomic mass is 19.1. The highest BCUT2D eigenvalue weighted by molar-refractivity contribution is 5.93. The number of aromatic nitrogens is 2. The molecule has 8 heteroatoms. The molecule has 0 saturated heterocycles. The van der Waals surface area contributed by atoms with Crippen molar-refractivity contribution >= 4 is 5.91 Å². The van der Waals surface area contributed by atoms with Gasteiger partial charge in [-0.25, -0.2) is 14.6 Å². The SMILES string of the molecule is Fc1ccc(-c2nnco2)cc1.NNC(=O)c1ccc(F)cc1. The van der Waals surface area contributed by atoms with Gasteiger partial charge in [-0.05, 0) is 48.5 Å². The topological polar surface area (TPSA) is 94.0 Å². The van der Waals surface area contributed by atoms with E-state index in [-0.39, 0.29) is 11.6 Å². The number of nitrogens with one attached hydrogen (secondary N) is 1. The molecule has 118 valence electrons. The largest absolute Gasteiger partial charge is 0.423 e. The van der Waals surface area contributed by atoms with Crippen LogP contribution >= 0.6 is 0 Å². The lowest BCUT2D eigenvalue weighted by molar-refractivity contribution is 0.0953. The molecule has 0 aliphatic heterocycles. The Balaban J connectivity index is 0.000000168. The molecule has 0 aliphatic rings. The van der Waals surface area contributed by atoms with Gasteiger partial charge in [-0.3, -0.25) is 10.2 Å². The number of halogens is 2. The van der Waals surface area contributed by atoms with Crippen molar-refractivity contribution in [3.63, 3.8) is 0 Å². The normalized spacial score (nSPS) is 9.70. The van der Waals surface area contributed by atoms with E-state index in [4.69, 9.17) is 10.3 Å². The third-order valence-electron chi connectivity index (χ3n) is 2.69. The molecule has 23 heavy (non-hydrogen) atoms. The first kappa shape index (κ1) is 16.2. The molecule has 3 N–H and O–H groups in total. The minimum atomic E-state index is -0.426. The summed E-state index contributed by atoms with van der Waals surface area (Å²) in [6.07, 6.45) is 1.23. The zero-order valence-corrected chi connectivity index (χ0v) is 11.7. The van der Waals surface area contributed by atoms with Crippen molar-refractivity contribution in [2.75, 3.05) is 0 Å². The second-order valence-corrected chi connectivity index (χ2v) is 4.23. The summed E-state index contributed by atoms with van der Waals surface area (Å²) < 4.78 is 29.7. The number of amides is 1. The summed E-state index contributed by atoms with van der Waals surface area (Å²) in [5.74, 6) is 4.17. The molecule has 0 bridgehead atoms. The van der Waals surface area contributed by atoms with E-state index >= 15 is 0 Å². The summed E-state index contributed by atoms with van der Waals surface area (Å²) in [4.78, 5) is 10.8. The van der Waals surface area contributed by atoms with Crippen LogP contribution < -0.4 is 11.3 Å². The predicted molar refractivity (Wildman–Crippen MR) is 77.7 cm³/mol. The van der Waals surface area contributed by atoms with Crippen molar-refractivity contribution in [2.45, 2.75) is 0 Å². The fourth-order valence-corrected chi connectivity index (χ4v) is 1.58. The maximum Gasteiger partial charge on any atom is 0.265 e. The van der Waals surface area contributed by atoms with Crippen LogP contribution in [0.15, 0.2) is 59.3 Å². The second kappa shape index (κ2) is 7.76. The van der Waals surface area contributed by atoms with Gasteiger partial charge in [0.1, 0.15) is 11.6 Å². The molecular formula is C15H12F2N4O2. The number of carbonyl (C=O) groups excluding carboxylic acids is 1. The minimum absolute atomic E-state index is 0.279. The smallest absolute Gasteiger partial charge is 0.265 e. The fraction of sp³-hybridized carbons (Fsp3) is 0. The molecule has 3 aromatic rings. The number of nitrogen functional groups attached to an aromatic ring is 1. The van der Waals surface area contributed by atoms with Crippen LogP contribution in [0.5, 0.6) is 0 Å². The van der Waals surface area contributed by atoms with Crippen molar-refractivity contribution in [3.8, 4) is 11.5 Å². The summed E-state index contributed by atoms with van der Waals surface area (Å²) in [6.45, 7) is 0. The van der Waals surface area contributed by atoms with Crippen LogP contribution in [0.25, 0.3) is 11.5 Å². The molecule has 0 spiro atoms. The van der Waals surface area contributed by atoms with Crippen LogP contribution in [-0.2, 0) is 0 Å². The van der Waals surface area contributed by atoms with E-state index in [2.05, 4.69) is 10.2 Å². The summed E-state index contributed by atoms with van der Waals surface area (Å²) in [6, 6.07) is 11.0. The van der Waals surface area contributed by atoms with Gasteiger partial charge in [-0.1, -0.05) is 0 Å². The van der Waals surface area contributed by atoms with Crippen LogP contribution in [0.1, 0.15) is 10.4 Å². The molecule has 1 amide bonds. The molecule has 6 nitrogen and oxygen atoms in total. The third kappa shape index (κ3) is 4.68. The van der Waals surface area contributed by atoms with Gasteiger partial charge in [0.2, 0.25) is 12.3 Å². The van der Waals surface area contributed by atoms with Gasteiger partial charge in [0, 0.05) is 11.1 Å². The van der Waals surface area contributed by atoms with E-state index in [1.165, 1.54) is 42.8 Å². The Bertz CT molecular complexity index is 744. The average Bonchev–Trinajstić information content (AvgIpc) is 3.11. The highest BCUT2D eigenvalue weighted by Crippen LogP contribution is 2.15. The monoisotopic (exact) mass is 318 g/mol. The Kier molecular flexibility index (Phi) is 5.48. The van der Waals surface area contributed by atoms with Crippen LogP contribution in [-0.4, -0.2) is 16.1 Å². The molecule has 0 aliphatic carbocycles. The van der Waals surface area contributed by atoms with E-state index < -0.39 is 5.91 Å². The summed E-state index contributed by atoms with van der Waals surface area (Å²) in [5, 5.41) is 7.19. The number of hydrazine groups is 1. The highest BCUT2D eigenvalue weighted by Gasteiger charge is 2.02. The lowest BCUT2D eigenvalue weighted by Gasteiger charge is -1.97. The number of hydrogen-bond donors (Lipinski definition) is 2. The number of nitrogens with two attached hydrogens (primary N) is 1. The van der Waals surface area contributed by atoms with Crippen molar-refractivity contribution in [1.82, 2.24) is 15.6 Å². The summed E-state index contributed by atoms with van der Waals surface area (Å²) >= 11 is 0. The van der Waals surface area contributed by atoms with Gasteiger partial charge in [0.05, 0.1) is 0 Å². The zero-order chi connectivity index (χ0) is 16.7. The lowest BCUT2D eigenvalue weighted by Crippen LogP contribution is -2.29. The van der Waals surface area contributed by atoms with E-state index in [0.717, 1.165) is 0 Å². The summed E-state index contributed by atoms with van der Waals surface area (Å²) in [5.41, 5.74) is 3.00. The number of hydrogen-bond acceptors (Lipinski definition) is 5. The van der Waals surface area contributed by atoms with Crippen molar-refractivity contribution < 1.29 is 18.0 Å². The predicted octanol–water partition coefficient (Wildman–Crippen LogP) is 2.30. The van der Waals surface area contributed by atoms with E-state index in [9.17, 15) is 13.6 Å². The quantitative estimate of drug-likeness (QED) is 0.429. The molecule has 1 aromatic heterocycles. The Morgan fingerprint density at radius 2 is 1.57 bits per heavy atom. The first-order valence-corrected chi connectivity index (χ1v) is 6.39. The number of carbonyl (C=O) groups is 1. The Morgan fingerprint density at radius 1 is 1.00 bits per heavy atom. The standard InChI is InChI=1S/C8H5FN2O.C7H7FN2O/c9-7-3-1-6(2-4-7)8-11-10-5-12-8;8-6-3-1-5(2-4-6)7(11)10-9/h1-5H;1-4H,9H2,(H,10,11). The average molecular weight is 318 g/mol. The molecule has 0 saturated carbocycles. The Hall–Kier alpha value is -3.13. The van der Waals surface area contributed by atoms with Gasteiger partial charge in [-0.2, -0.15) is 0 Å². The van der Waals surface area contributed by atoms with E-state index in [1.54, 1.807) is 12.1 Å². The van der Waals surface area contributed by atoms with Crippen LogP contribution in [0.4, 0.5) is 8.78 Å². The van der Waals surface area contributed by atoms with Gasteiger partial charge in [0.25, 0.3) is 5.91 Å². The molecule has 1 heterocycles. The maximum atomic E-state index is 12.5. The number of nitrogens with zero attached hydrogens (tertiary/aromatic N) is 2. The molecular weight excluding hydrogens is 306 g/mol. The zero-order valence-electron chi connectivity index (χ0n) is 11.7. The van der Waals surface area contributed by atoms with Crippen molar-refractivity contribution in [2.24, 2.45) is 5.84 Å². The molecule has 0 atom stereocenters. The van der Waals surface area contributed by atoms with Crippen LogP contribution in [0, 0.1) is 11.6 Å². The fourth-order valence-electron chi connectivity index (χ4n) is 1.58. The number of rotatable bonds is 2. The second-order valence-electron chi connectivity index (χ2n) is 4.23. The van der Waals surface area contributed by atoms with Gasteiger partial charge in [-0.15, -0.1) is 10.2 Å². The molecule has 0 unspecified atom stereocenters. The van der Waals surface area contributed by atoms with Crippen LogP contribution in [0.2, 0.25) is 0 Å². The van der Waals surface area contributed by atoms with Gasteiger partial charge < -0.3 is 4.42 Å². The lowest BCUT2D eigenvalue weighted by atomic mass is 10.2. The molecule has 0 radical (unpaired) electrons. The van der Waals surface area contributed by atoms with Crippen molar-refractivity contribution in [1.29, 1.82) is 0 Å². The van der Waals surface area contributed by atoms with E-state index in [0.29, 0.717) is 17.0 Å². The molecule has 0 fully saturated rings. The summed E-state index contributed by atoms with van der Waals surface area (Å²) in [7, 11) is 0. The maximum absolute atomic E-state index is 12.5. The third-order valence-corrected chi connectivity index (χ3v) is 2.69. The Morgan fingerprint density at radius 3 is 2.04 bits per heavy atom. The Labute approximate surface area is 129 Å². The molecule has 2 aromatic carbocycles. The minimum Gasteiger partial charge on any atom is -0.423 e. The first-order valence-electron chi connectivity index (χ1n) is 6.39.